The molecule has 1 amide bonds. The lowest BCUT2D eigenvalue weighted by atomic mass is 10.2. The Bertz CT molecular complexity index is 1400. The third kappa shape index (κ3) is 3.63. The molecular weight excluding hydrogens is 426 g/mol. The molecule has 0 atom stereocenters. The van der Waals surface area contributed by atoms with Crippen LogP contribution in [0.2, 0.25) is 0 Å². The molecule has 9 heteroatoms. The summed E-state index contributed by atoms with van der Waals surface area (Å²) in [6.07, 6.45) is 0.738. The van der Waals surface area contributed by atoms with E-state index in [-0.39, 0.29) is 11.7 Å². The summed E-state index contributed by atoms with van der Waals surface area (Å²) in [5.74, 6) is 1.81. The van der Waals surface area contributed by atoms with Crippen molar-refractivity contribution in [3.63, 3.8) is 0 Å². The summed E-state index contributed by atoms with van der Waals surface area (Å²) in [6, 6.07) is 18.6. The predicted molar refractivity (Wildman–Crippen MR) is 122 cm³/mol. The molecule has 0 radical (unpaired) electrons. The molecule has 0 saturated heterocycles. The maximum atomic E-state index is 12.9. The Morgan fingerprint density at radius 3 is 2.72 bits per heavy atom. The number of furan rings is 1. The van der Waals surface area contributed by atoms with Gasteiger partial charge in [-0.05, 0) is 30.3 Å². The van der Waals surface area contributed by atoms with E-state index < -0.39 is 0 Å². The van der Waals surface area contributed by atoms with Gasteiger partial charge < -0.3 is 14.5 Å². The first kappa shape index (κ1) is 20.0. The number of rotatable bonds is 6. The van der Waals surface area contributed by atoms with E-state index in [1.807, 2.05) is 49.4 Å². The first-order valence-electron chi connectivity index (χ1n) is 10.0. The standard InChI is InChI=1S/C23H19N5O3S/c1-3-20-25-26-23-28(20)27-22(32-23)15-9-10-18(30-2)16(13-15)24-21(29)19-12-11-17(31-19)14-7-5-4-6-8-14/h4-13H,3H2,1-2H3,(H,24,29). The number of ether oxygens (including phenoxy) is 1. The molecule has 0 aliphatic rings. The molecule has 0 bridgehead atoms. The van der Waals surface area contributed by atoms with Crippen LogP contribution in [0.5, 0.6) is 5.75 Å². The monoisotopic (exact) mass is 445 g/mol. The molecule has 0 aliphatic carbocycles. The summed E-state index contributed by atoms with van der Waals surface area (Å²) in [5, 5.41) is 16.6. The van der Waals surface area contributed by atoms with E-state index in [9.17, 15) is 4.79 Å². The van der Waals surface area contributed by atoms with E-state index >= 15 is 0 Å². The normalized spacial score (nSPS) is 11.1. The molecule has 0 aliphatic heterocycles. The minimum atomic E-state index is -0.367. The van der Waals surface area contributed by atoms with E-state index in [0.29, 0.717) is 17.2 Å². The lowest BCUT2D eigenvalue weighted by Gasteiger charge is -2.10. The van der Waals surface area contributed by atoms with Crippen molar-refractivity contribution in [3.8, 4) is 27.6 Å². The van der Waals surface area contributed by atoms with Crippen LogP contribution < -0.4 is 10.1 Å². The van der Waals surface area contributed by atoms with E-state index in [1.54, 1.807) is 29.8 Å². The lowest BCUT2D eigenvalue weighted by molar-refractivity contribution is 0.0997. The maximum absolute atomic E-state index is 12.9. The molecule has 0 spiro atoms. The lowest BCUT2D eigenvalue weighted by Crippen LogP contribution is -2.11. The van der Waals surface area contributed by atoms with Crippen LogP contribution in [0.25, 0.3) is 26.9 Å². The van der Waals surface area contributed by atoms with Crippen LogP contribution in [0.4, 0.5) is 5.69 Å². The molecule has 5 aromatic rings. The van der Waals surface area contributed by atoms with E-state index in [0.717, 1.165) is 33.3 Å². The quantitative estimate of drug-likeness (QED) is 0.398. The summed E-state index contributed by atoms with van der Waals surface area (Å²) in [5.41, 5.74) is 2.26. The Labute approximate surface area is 187 Å². The molecule has 1 N–H and O–H groups in total. The van der Waals surface area contributed by atoms with Gasteiger partial charge in [0.05, 0.1) is 12.8 Å². The Hall–Kier alpha value is -3.98. The number of hydrogen-bond acceptors (Lipinski definition) is 7. The minimum absolute atomic E-state index is 0.211. The average Bonchev–Trinajstić information content (AvgIpc) is 3.55. The summed E-state index contributed by atoms with van der Waals surface area (Å²) in [6.45, 7) is 2.01. The number of aryl methyl sites for hydroxylation is 1. The SMILES string of the molecule is CCc1nnc2sc(-c3ccc(OC)c(NC(=O)c4ccc(-c5ccccc5)o4)c3)nn12. The number of amides is 1. The van der Waals surface area contributed by atoms with Crippen molar-refractivity contribution in [2.75, 3.05) is 12.4 Å². The third-order valence-corrected chi connectivity index (χ3v) is 5.90. The summed E-state index contributed by atoms with van der Waals surface area (Å²) in [4.78, 5) is 13.6. The maximum Gasteiger partial charge on any atom is 0.291 e. The molecule has 32 heavy (non-hydrogen) atoms. The van der Waals surface area contributed by atoms with Crippen molar-refractivity contribution in [3.05, 3.63) is 72.2 Å². The highest BCUT2D eigenvalue weighted by Crippen LogP contribution is 2.33. The predicted octanol–water partition coefficient (Wildman–Crippen LogP) is 4.94. The molecule has 2 aromatic carbocycles. The van der Waals surface area contributed by atoms with E-state index in [1.165, 1.54) is 11.3 Å². The van der Waals surface area contributed by atoms with Gasteiger partial charge in [-0.3, -0.25) is 4.79 Å². The molecule has 0 unspecified atom stereocenters. The summed E-state index contributed by atoms with van der Waals surface area (Å²) < 4.78 is 12.9. The zero-order valence-electron chi connectivity index (χ0n) is 17.4. The average molecular weight is 446 g/mol. The molecule has 5 rings (SSSR count). The Balaban J connectivity index is 1.43. The summed E-state index contributed by atoms with van der Waals surface area (Å²) in [7, 11) is 1.56. The van der Waals surface area contributed by atoms with Gasteiger partial charge in [-0.1, -0.05) is 48.6 Å². The van der Waals surface area contributed by atoms with Crippen LogP contribution in [-0.4, -0.2) is 32.8 Å². The first-order chi connectivity index (χ1) is 15.7. The van der Waals surface area contributed by atoms with Crippen LogP contribution in [0, 0.1) is 0 Å². The van der Waals surface area contributed by atoms with Crippen molar-refractivity contribution in [1.82, 2.24) is 19.8 Å². The van der Waals surface area contributed by atoms with Crippen molar-refractivity contribution in [2.45, 2.75) is 13.3 Å². The van der Waals surface area contributed by atoms with Crippen molar-refractivity contribution in [2.24, 2.45) is 0 Å². The number of fused-ring (bicyclic) bond motifs is 1. The fourth-order valence-corrected chi connectivity index (χ4v) is 4.19. The number of hydrogen-bond donors (Lipinski definition) is 1. The number of nitrogens with zero attached hydrogens (tertiary/aromatic N) is 4. The fraction of sp³-hybridized carbons (Fsp3) is 0.130. The largest absolute Gasteiger partial charge is 0.495 e. The highest BCUT2D eigenvalue weighted by atomic mass is 32.1. The smallest absolute Gasteiger partial charge is 0.291 e. The number of aromatic nitrogens is 4. The molecule has 3 heterocycles. The number of anilines is 1. The van der Waals surface area contributed by atoms with Crippen LogP contribution >= 0.6 is 11.3 Å². The van der Waals surface area contributed by atoms with Gasteiger partial charge in [0.2, 0.25) is 4.96 Å². The van der Waals surface area contributed by atoms with Gasteiger partial charge in [0.25, 0.3) is 5.91 Å². The second-order valence-electron chi connectivity index (χ2n) is 6.97. The van der Waals surface area contributed by atoms with Crippen molar-refractivity contribution >= 4 is 27.9 Å². The molecule has 3 aromatic heterocycles. The second-order valence-corrected chi connectivity index (χ2v) is 7.93. The van der Waals surface area contributed by atoms with Gasteiger partial charge in [-0.25, -0.2) is 0 Å². The summed E-state index contributed by atoms with van der Waals surface area (Å²) >= 11 is 1.43. The Morgan fingerprint density at radius 1 is 1.09 bits per heavy atom. The molecule has 0 saturated carbocycles. The second kappa shape index (κ2) is 8.27. The highest BCUT2D eigenvalue weighted by Gasteiger charge is 2.17. The third-order valence-electron chi connectivity index (χ3n) is 4.95. The van der Waals surface area contributed by atoms with Gasteiger partial charge in [0.15, 0.2) is 11.6 Å². The number of carbonyl (C=O) groups excluding carboxylic acids is 1. The van der Waals surface area contributed by atoms with Crippen LogP contribution in [0.3, 0.4) is 0 Å². The number of benzene rings is 2. The Morgan fingerprint density at radius 2 is 1.94 bits per heavy atom. The minimum Gasteiger partial charge on any atom is -0.495 e. The van der Waals surface area contributed by atoms with Crippen molar-refractivity contribution < 1.29 is 13.9 Å². The van der Waals surface area contributed by atoms with E-state index in [2.05, 4.69) is 20.6 Å². The van der Waals surface area contributed by atoms with Gasteiger partial charge in [-0.2, -0.15) is 9.61 Å². The number of nitrogens with one attached hydrogen (secondary N) is 1. The van der Waals surface area contributed by atoms with Crippen LogP contribution in [0.1, 0.15) is 23.3 Å². The van der Waals surface area contributed by atoms with Gasteiger partial charge in [0, 0.05) is 17.5 Å². The topological polar surface area (TPSA) is 94.6 Å². The molecular formula is C23H19N5O3S. The van der Waals surface area contributed by atoms with Crippen LogP contribution in [0.15, 0.2) is 65.1 Å². The fourth-order valence-electron chi connectivity index (χ4n) is 3.33. The van der Waals surface area contributed by atoms with Gasteiger partial charge in [-0.15, -0.1) is 10.2 Å². The van der Waals surface area contributed by atoms with Gasteiger partial charge >= 0.3 is 0 Å². The molecule has 0 fully saturated rings. The van der Waals surface area contributed by atoms with Crippen LogP contribution in [-0.2, 0) is 6.42 Å². The number of carbonyl (C=O) groups is 1. The Kier molecular flexibility index (Phi) is 5.16. The van der Waals surface area contributed by atoms with E-state index in [4.69, 9.17) is 9.15 Å². The van der Waals surface area contributed by atoms with Gasteiger partial charge in [0.1, 0.15) is 16.5 Å². The zero-order valence-corrected chi connectivity index (χ0v) is 18.2. The molecule has 8 nitrogen and oxygen atoms in total. The molecule has 160 valence electrons. The first-order valence-corrected chi connectivity index (χ1v) is 10.8. The highest BCUT2D eigenvalue weighted by molar-refractivity contribution is 7.19. The van der Waals surface area contributed by atoms with Crippen molar-refractivity contribution in [1.29, 1.82) is 0 Å². The zero-order chi connectivity index (χ0) is 22.1. The number of methoxy groups -OCH3 is 1.